The molecule has 19 heavy (non-hydrogen) atoms. The molecule has 0 aromatic carbocycles. The smallest absolute Gasteiger partial charge is 0.272 e. The predicted molar refractivity (Wildman–Crippen MR) is 83.0 cm³/mol. The fraction of sp³-hybridized carbons (Fsp3) is 0.571. The van der Waals surface area contributed by atoms with E-state index in [0.717, 1.165) is 24.4 Å². The van der Waals surface area contributed by atoms with Gasteiger partial charge in [-0.2, -0.15) is 11.8 Å². The zero-order valence-electron chi connectivity index (χ0n) is 12.1. The average Bonchev–Trinajstić information content (AvgIpc) is 2.43. The van der Waals surface area contributed by atoms with Gasteiger partial charge in [0.05, 0.1) is 0 Å². The summed E-state index contributed by atoms with van der Waals surface area (Å²) in [5, 5.41) is 3.19. The minimum atomic E-state index is -0.0200. The number of thioether (sulfide) groups is 1. The highest BCUT2D eigenvalue weighted by Gasteiger charge is 2.18. The molecule has 0 saturated heterocycles. The van der Waals surface area contributed by atoms with Crippen molar-refractivity contribution in [2.45, 2.75) is 26.3 Å². The monoisotopic (exact) mass is 281 g/mol. The number of hydrogen-bond acceptors (Lipinski definition) is 4. The molecular formula is C14H23N3OS. The van der Waals surface area contributed by atoms with E-state index in [4.69, 9.17) is 0 Å². The van der Waals surface area contributed by atoms with Crippen LogP contribution in [0.5, 0.6) is 0 Å². The largest absolute Gasteiger partial charge is 0.385 e. The second-order valence-corrected chi connectivity index (χ2v) is 5.49. The molecule has 5 heteroatoms. The summed E-state index contributed by atoms with van der Waals surface area (Å²) in [5.74, 6) is 1.04. The molecule has 0 fully saturated rings. The Morgan fingerprint density at radius 2 is 2.32 bits per heavy atom. The molecule has 0 saturated carbocycles. The molecule has 0 spiro atoms. The van der Waals surface area contributed by atoms with Crippen LogP contribution in [0.25, 0.3) is 0 Å². The zero-order valence-corrected chi connectivity index (χ0v) is 13.0. The molecule has 1 aromatic rings. The molecule has 1 atom stereocenters. The van der Waals surface area contributed by atoms with E-state index in [1.54, 1.807) is 22.9 Å². The Hall–Kier alpha value is -1.23. The molecular weight excluding hydrogens is 258 g/mol. The fourth-order valence-electron chi connectivity index (χ4n) is 1.72. The van der Waals surface area contributed by atoms with Gasteiger partial charge in [0.1, 0.15) is 5.69 Å². The number of rotatable bonds is 7. The molecule has 1 rings (SSSR count). The van der Waals surface area contributed by atoms with E-state index in [-0.39, 0.29) is 11.9 Å². The van der Waals surface area contributed by atoms with Gasteiger partial charge >= 0.3 is 0 Å². The zero-order chi connectivity index (χ0) is 14.3. The summed E-state index contributed by atoms with van der Waals surface area (Å²) in [6.07, 6.45) is 4.75. The number of hydrogen-bond donors (Lipinski definition) is 1. The van der Waals surface area contributed by atoms with Crippen LogP contribution in [0, 0.1) is 0 Å². The number of carbonyl (C=O) groups excluding carboxylic acids is 1. The SMILES string of the molecule is CCNc1ccnc(C(=O)N(C)C(C)CCSC)c1. The summed E-state index contributed by atoms with van der Waals surface area (Å²) in [4.78, 5) is 18.3. The van der Waals surface area contributed by atoms with E-state index in [1.807, 2.05) is 26.1 Å². The second-order valence-electron chi connectivity index (χ2n) is 4.51. The summed E-state index contributed by atoms with van der Waals surface area (Å²) >= 11 is 1.80. The van der Waals surface area contributed by atoms with Crippen molar-refractivity contribution in [1.82, 2.24) is 9.88 Å². The summed E-state index contributed by atoms with van der Waals surface area (Å²) < 4.78 is 0. The van der Waals surface area contributed by atoms with Crippen molar-refractivity contribution in [3.8, 4) is 0 Å². The van der Waals surface area contributed by atoms with Crippen LogP contribution < -0.4 is 5.32 Å². The van der Waals surface area contributed by atoms with Gasteiger partial charge in [0.15, 0.2) is 0 Å². The maximum absolute atomic E-state index is 12.3. The van der Waals surface area contributed by atoms with Gasteiger partial charge < -0.3 is 10.2 Å². The fourth-order valence-corrected chi connectivity index (χ4v) is 2.30. The maximum Gasteiger partial charge on any atom is 0.272 e. The molecule has 1 N–H and O–H groups in total. The van der Waals surface area contributed by atoms with E-state index < -0.39 is 0 Å². The van der Waals surface area contributed by atoms with E-state index in [1.165, 1.54) is 0 Å². The van der Waals surface area contributed by atoms with Gasteiger partial charge in [0.2, 0.25) is 0 Å². The number of nitrogens with one attached hydrogen (secondary N) is 1. The van der Waals surface area contributed by atoms with Crippen LogP contribution in [0.3, 0.4) is 0 Å². The minimum Gasteiger partial charge on any atom is -0.385 e. The Bertz CT molecular complexity index is 411. The lowest BCUT2D eigenvalue weighted by Gasteiger charge is -2.24. The number of amides is 1. The van der Waals surface area contributed by atoms with Crippen LogP contribution in [0.1, 0.15) is 30.8 Å². The van der Waals surface area contributed by atoms with Crippen LogP contribution in [-0.4, -0.2) is 47.4 Å². The predicted octanol–water partition coefficient (Wildman–Crippen LogP) is 2.73. The van der Waals surface area contributed by atoms with Gasteiger partial charge in [-0.15, -0.1) is 0 Å². The normalized spacial score (nSPS) is 12.0. The maximum atomic E-state index is 12.3. The van der Waals surface area contributed by atoms with Crippen molar-refractivity contribution in [1.29, 1.82) is 0 Å². The first-order valence-electron chi connectivity index (χ1n) is 6.56. The van der Waals surface area contributed by atoms with E-state index >= 15 is 0 Å². The van der Waals surface area contributed by atoms with E-state index in [0.29, 0.717) is 5.69 Å². The van der Waals surface area contributed by atoms with Crippen LogP contribution in [-0.2, 0) is 0 Å². The van der Waals surface area contributed by atoms with Crippen molar-refractivity contribution in [2.75, 3.05) is 30.9 Å². The van der Waals surface area contributed by atoms with Crippen molar-refractivity contribution in [2.24, 2.45) is 0 Å². The summed E-state index contributed by atoms with van der Waals surface area (Å²) in [6.45, 7) is 4.93. The molecule has 0 bridgehead atoms. The lowest BCUT2D eigenvalue weighted by molar-refractivity contribution is 0.0735. The third-order valence-electron chi connectivity index (χ3n) is 3.08. The molecule has 4 nitrogen and oxygen atoms in total. The molecule has 0 aliphatic rings. The topological polar surface area (TPSA) is 45.2 Å². The molecule has 1 amide bonds. The lowest BCUT2D eigenvalue weighted by Crippen LogP contribution is -2.35. The Kier molecular flexibility index (Phi) is 6.70. The molecule has 0 aliphatic heterocycles. The first kappa shape index (κ1) is 15.8. The average molecular weight is 281 g/mol. The number of anilines is 1. The summed E-state index contributed by atoms with van der Waals surface area (Å²) in [7, 11) is 1.84. The molecule has 1 unspecified atom stereocenters. The first-order chi connectivity index (χ1) is 9.10. The molecule has 106 valence electrons. The van der Waals surface area contributed by atoms with Crippen molar-refractivity contribution >= 4 is 23.4 Å². The number of nitrogens with zero attached hydrogens (tertiary/aromatic N) is 2. The minimum absolute atomic E-state index is 0.0200. The van der Waals surface area contributed by atoms with Crippen molar-refractivity contribution in [3.05, 3.63) is 24.0 Å². The van der Waals surface area contributed by atoms with Gasteiger partial charge in [0.25, 0.3) is 5.91 Å². The highest BCUT2D eigenvalue weighted by molar-refractivity contribution is 7.98. The van der Waals surface area contributed by atoms with E-state index in [9.17, 15) is 4.79 Å². The first-order valence-corrected chi connectivity index (χ1v) is 7.95. The van der Waals surface area contributed by atoms with Gasteiger partial charge in [-0.25, -0.2) is 0 Å². The number of aromatic nitrogens is 1. The van der Waals surface area contributed by atoms with Gasteiger partial charge in [0, 0.05) is 31.5 Å². The Balaban J connectivity index is 2.73. The van der Waals surface area contributed by atoms with Crippen LogP contribution >= 0.6 is 11.8 Å². The highest BCUT2D eigenvalue weighted by atomic mass is 32.2. The van der Waals surface area contributed by atoms with Gasteiger partial charge in [-0.1, -0.05) is 0 Å². The molecule has 0 aliphatic carbocycles. The van der Waals surface area contributed by atoms with Crippen molar-refractivity contribution < 1.29 is 4.79 Å². The second kappa shape index (κ2) is 8.04. The van der Waals surface area contributed by atoms with Crippen molar-refractivity contribution in [3.63, 3.8) is 0 Å². The van der Waals surface area contributed by atoms with Gasteiger partial charge in [-0.3, -0.25) is 9.78 Å². The number of pyridine rings is 1. The van der Waals surface area contributed by atoms with E-state index in [2.05, 4.69) is 23.5 Å². The molecule has 0 radical (unpaired) electrons. The Morgan fingerprint density at radius 3 is 2.95 bits per heavy atom. The van der Waals surface area contributed by atoms with Crippen LogP contribution in [0.2, 0.25) is 0 Å². The molecule has 1 aromatic heterocycles. The Morgan fingerprint density at radius 1 is 1.58 bits per heavy atom. The summed E-state index contributed by atoms with van der Waals surface area (Å²) in [5.41, 5.74) is 1.43. The lowest BCUT2D eigenvalue weighted by atomic mass is 10.2. The quantitative estimate of drug-likeness (QED) is 0.834. The van der Waals surface area contributed by atoms with Crippen LogP contribution in [0.15, 0.2) is 18.3 Å². The standard InChI is InChI=1S/C14H23N3OS/c1-5-15-12-6-8-16-13(10-12)14(18)17(3)11(2)7-9-19-4/h6,8,10-11H,5,7,9H2,1-4H3,(H,15,16). The summed E-state index contributed by atoms with van der Waals surface area (Å²) in [6, 6.07) is 3.91. The van der Waals surface area contributed by atoms with Crippen LogP contribution in [0.4, 0.5) is 5.69 Å². The molecule has 1 heterocycles. The number of carbonyl (C=O) groups is 1. The third kappa shape index (κ3) is 4.74. The highest BCUT2D eigenvalue weighted by Crippen LogP contribution is 2.12. The Labute approximate surface area is 120 Å². The van der Waals surface area contributed by atoms with Gasteiger partial charge in [-0.05, 0) is 44.4 Å². The third-order valence-corrected chi connectivity index (χ3v) is 3.73.